The number of carbonyl (C=O) groups is 1. The minimum atomic E-state index is -0.469. The zero-order valence-electron chi connectivity index (χ0n) is 22.4. The Bertz CT molecular complexity index is 1310. The van der Waals surface area contributed by atoms with Crippen LogP contribution in [-0.2, 0) is 4.79 Å². The molecule has 7 nitrogen and oxygen atoms in total. The van der Waals surface area contributed by atoms with Crippen LogP contribution in [0, 0.1) is 11.3 Å². The summed E-state index contributed by atoms with van der Waals surface area (Å²) in [5.74, 6) is 1.79. The lowest BCUT2D eigenvalue weighted by molar-refractivity contribution is -0.136. The van der Waals surface area contributed by atoms with Crippen LogP contribution in [0.3, 0.4) is 0 Å². The Balaban J connectivity index is 2.34. The molecule has 3 rings (SSSR count). The van der Waals surface area contributed by atoms with Crippen LogP contribution in [0.25, 0.3) is 16.6 Å². The number of benzene rings is 2. The Morgan fingerprint density at radius 1 is 1.11 bits per heavy atom. The number of nitrogens with zero attached hydrogens (tertiary/aromatic N) is 3. The molecule has 1 aromatic heterocycles. The topological polar surface area (TPSA) is 73.7 Å². The van der Waals surface area contributed by atoms with Gasteiger partial charge in [0.05, 0.1) is 41.3 Å². The smallest absolute Gasteiger partial charge is 0.266 e. The van der Waals surface area contributed by atoms with Crippen LogP contribution in [0.1, 0.15) is 59.8 Å². The Labute approximate surface area is 221 Å². The monoisotopic (exact) mass is 557 g/mol. The van der Waals surface area contributed by atoms with Crippen LogP contribution in [0.2, 0.25) is 0 Å². The minimum Gasteiger partial charge on any atom is -0.497 e. The van der Waals surface area contributed by atoms with Crippen LogP contribution in [0.15, 0.2) is 45.7 Å². The van der Waals surface area contributed by atoms with Crippen molar-refractivity contribution in [1.29, 1.82) is 0 Å². The Hall–Kier alpha value is -2.87. The first-order valence-electron chi connectivity index (χ1n) is 12.1. The third-order valence-electron chi connectivity index (χ3n) is 5.90. The summed E-state index contributed by atoms with van der Waals surface area (Å²) < 4.78 is 13.2. The van der Waals surface area contributed by atoms with Gasteiger partial charge in [0.1, 0.15) is 17.3 Å². The average Bonchev–Trinajstić information content (AvgIpc) is 2.81. The lowest BCUT2D eigenvalue weighted by atomic mass is 9.91. The van der Waals surface area contributed by atoms with Gasteiger partial charge in [0.25, 0.3) is 5.56 Å². The molecule has 1 unspecified atom stereocenters. The Morgan fingerprint density at radius 3 is 2.36 bits per heavy atom. The van der Waals surface area contributed by atoms with Gasteiger partial charge in [-0.25, -0.2) is 4.98 Å². The first kappa shape index (κ1) is 27.7. The molecule has 0 aliphatic carbocycles. The van der Waals surface area contributed by atoms with Crippen molar-refractivity contribution in [1.82, 2.24) is 14.5 Å². The van der Waals surface area contributed by atoms with Gasteiger partial charge >= 0.3 is 0 Å². The van der Waals surface area contributed by atoms with Gasteiger partial charge in [-0.05, 0) is 46.3 Å². The van der Waals surface area contributed by atoms with E-state index in [-0.39, 0.29) is 22.8 Å². The number of para-hydroxylation sites is 1. The fourth-order valence-electron chi connectivity index (χ4n) is 4.21. The number of aromatic nitrogens is 2. The van der Waals surface area contributed by atoms with Crippen molar-refractivity contribution in [3.63, 3.8) is 0 Å². The van der Waals surface area contributed by atoms with Crippen molar-refractivity contribution in [3.8, 4) is 17.2 Å². The zero-order valence-corrected chi connectivity index (χ0v) is 24.0. The maximum atomic E-state index is 14.0. The number of ether oxygens (including phenoxy) is 2. The Kier molecular flexibility index (Phi) is 8.49. The summed E-state index contributed by atoms with van der Waals surface area (Å²) in [6, 6.07) is 10.3. The normalized spacial score (nSPS) is 12.6. The number of amides is 1. The molecule has 1 atom stereocenters. The Morgan fingerprint density at radius 2 is 1.78 bits per heavy atom. The van der Waals surface area contributed by atoms with Crippen molar-refractivity contribution in [2.75, 3.05) is 20.8 Å². The molecule has 0 saturated heterocycles. The number of halogens is 1. The highest BCUT2D eigenvalue weighted by Crippen LogP contribution is 2.37. The van der Waals surface area contributed by atoms with E-state index in [1.165, 1.54) is 0 Å². The third-order valence-corrected chi connectivity index (χ3v) is 6.69. The summed E-state index contributed by atoms with van der Waals surface area (Å²) in [5, 5.41) is 0.485. The molecular formula is C28H36BrN3O4. The van der Waals surface area contributed by atoms with Crippen molar-refractivity contribution in [3.05, 3.63) is 57.0 Å². The van der Waals surface area contributed by atoms with Crippen molar-refractivity contribution >= 4 is 32.7 Å². The first-order valence-corrected chi connectivity index (χ1v) is 12.9. The van der Waals surface area contributed by atoms with Crippen LogP contribution in [-0.4, -0.2) is 41.1 Å². The standard InChI is InChI=1S/C28H36BrN3O4/c1-17(2)16-31(24(33)15-28(4,5)6)18(3)26-30-21-12-10-9-11-20(21)27(34)32(26)22-13-19(35-7)14-23(36-8)25(22)29/h9-14,17-18H,15-16H2,1-8H3. The number of methoxy groups -OCH3 is 2. The maximum absolute atomic E-state index is 14.0. The number of fused-ring (bicyclic) bond motifs is 1. The molecule has 0 fully saturated rings. The van der Waals surface area contributed by atoms with E-state index >= 15 is 0 Å². The quantitative estimate of drug-likeness (QED) is 0.332. The molecule has 3 aromatic rings. The lowest BCUT2D eigenvalue weighted by Crippen LogP contribution is -2.40. The average molecular weight is 559 g/mol. The van der Waals surface area contributed by atoms with Crippen LogP contribution in [0.4, 0.5) is 0 Å². The summed E-state index contributed by atoms with van der Waals surface area (Å²) in [6.07, 6.45) is 0.387. The summed E-state index contributed by atoms with van der Waals surface area (Å²) in [4.78, 5) is 34.3. The molecule has 0 radical (unpaired) electrons. The van der Waals surface area contributed by atoms with E-state index < -0.39 is 6.04 Å². The van der Waals surface area contributed by atoms with E-state index in [9.17, 15) is 9.59 Å². The summed E-state index contributed by atoms with van der Waals surface area (Å²) in [5.41, 5.74) is 0.709. The predicted octanol–water partition coefficient (Wildman–Crippen LogP) is 6.15. The van der Waals surface area contributed by atoms with Gasteiger partial charge in [0, 0.05) is 25.1 Å². The molecule has 36 heavy (non-hydrogen) atoms. The molecule has 0 spiro atoms. The molecule has 194 valence electrons. The second-order valence-corrected chi connectivity index (χ2v) is 11.4. The molecule has 0 aliphatic rings. The number of hydrogen-bond acceptors (Lipinski definition) is 5. The van der Waals surface area contributed by atoms with Gasteiger partial charge in [-0.3, -0.25) is 14.2 Å². The fraction of sp³-hybridized carbons (Fsp3) is 0.464. The van der Waals surface area contributed by atoms with E-state index in [1.54, 1.807) is 37.0 Å². The summed E-state index contributed by atoms with van der Waals surface area (Å²) >= 11 is 3.62. The van der Waals surface area contributed by atoms with Gasteiger partial charge in [-0.2, -0.15) is 0 Å². The maximum Gasteiger partial charge on any atom is 0.266 e. The van der Waals surface area contributed by atoms with Crippen molar-refractivity contribution < 1.29 is 14.3 Å². The zero-order chi connectivity index (χ0) is 26.8. The molecule has 8 heteroatoms. The number of rotatable bonds is 8. The molecule has 0 N–H and O–H groups in total. The van der Waals surface area contributed by atoms with Crippen molar-refractivity contribution in [2.45, 2.75) is 54.0 Å². The molecule has 1 heterocycles. The van der Waals surface area contributed by atoms with E-state index in [0.29, 0.717) is 51.4 Å². The van der Waals surface area contributed by atoms with Gasteiger partial charge < -0.3 is 14.4 Å². The highest BCUT2D eigenvalue weighted by Gasteiger charge is 2.30. The molecule has 1 amide bonds. The highest BCUT2D eigenvalue weighted by atomic mass is 79.9. The molecule has 0 saturated carbocycles. The predicted molar refractivity (Wildman–Crippen MR) is 147 cm³/mol. The molecule has 2 aromatic carbocycles. The van der Waals surface area contributed by atoms with E-state index in [4.69, 9.17) is 14.5 Å². The van der Waals surface area contributed by atoms with E-state index in [0.717, 1.165) is 0 Å². The van der Waals surface area contributed by atoms with E-state index in [2.05, 4.69) is 29.8 Å². The fourth-order valence-corrected chi connectivity index (χ4v) is 4.78. The van der Waals surface area contributed by atoms with Crippen LogP contribution >= 0.6 is 15.9 Å². The molecule has 0 bridgehead atoms. The second-order valence-electron chi connectivity index (χ2n) is 10.6. The third kappa shape index (κ3) is 5.91. The lowest BCUT2D eigenvalue weighted by Gasteiger charge is -2.34. The molecular weight excluding hydrogens is 522 g/mol. The van der Waals surface area contributed by atoms with Crippen LogP contribution in [0.5, 0.6) is 11.5 Å². The summed E-state index contributed by atoms with van der Waals surface area (Å²) in [6.45, 7) is 12.8. The van der Waals surface area contributed by atoms with Gasteiger partial charge in [0.2, 0.25) is 5.91 Å². The highest BCUT2D eigenvalue weighted by molar-refractivity contribution is 9.10. The second kappa shape index (κ2) is 11.0. The van der Waals surface area contributed by atoms with E-state index in [1.807, 2.05) is 50.8 Å². The van der Waals surface area contributed by atoms with Crippen molar-refractivity contribution in [2.24, 2.45) is 11.3 Å². The SMILES string of the molecule is COc1cc(OC)c(Br)c(-n2c(C(C)N(CC(C)C)C(=O)CC(C)(C)C)nc3ccccc3c2=O)c1. The minimum absolute atomic E-state index is 0.0277. The van der Waals surface area contributed by atoms with Gasteiger partial charge in [-0.15, -0.1) is 0 Å². The van der Waals surface area contributed by atoms with Crippen LogP contribution < -0.4 is 15.0 Å². The largest absolute Gasteiger partial charge is 0.497 e. The number of carbonyl (C=O) groups excluding carboxylic acids is 1. The summed E-state index contributed by atoms with van der Waals surface area (Å²) in [7, 11) is 3.12. The molecule has 0 aliphatic heterocycles. The first-order chi connectivity index (χ1) is 16.9. The number of hydrogen-bond donors (Lipinski definition) is 0. The van der Waals surface area contributed by atoms with Gasteiger partial charge in [0.15, 0.2) is 0 Å². The van der Waals surface area contributed by atoms with Gasteiger partial charge in [-0.1, -0.05) is 46.8 Å².